The van der Waals surface area contributed by atoms with Gasteiger partial charge in [0.05, 0.1) is 0 Å². The van der Waals surface area contributed by atoms with Crippen LogP contribution in [0.15, 0.2) is 0 Å². The van der Waals surface area contributed by atoms with Crippen molar-refractivity contribution >= 4 is 11.7 Å². The van der Waals surface area contributed by atoms with Crippen LogP contribution >= 0.6 is 0 Å². The number of nitrogens with zero attached hydrogens (tertiary/aromatic N) is 3. The lowest BCUT2D eigenvalue weighted by molar-refractivity contribution is -0.130. The molecule has 3 aliphatic rings. The Morgan fingerprint density at radius 3 is 2.20 bits per heavy atom. The highest BCUT2D eigenvalue weighted by atomic mass is 16.2. The molecule has 2 atom stereocenters. The number of hydrogen-bond acceptors (Lipinski definition) is 4. The maximum Gasteiger partial charge on any atom is 0.219 e. The van der Waals surface area contributed by atoms with E-state index < -0.39 is 0 Å². The average Bonchev–Trinajstić information content (AvgIpc) is 2.67. The highest BCUT2D eigenvalue weighted by molar-refractivity contribution is 5.80. The van der Waals surface area contributed by atoms with Crippen LogP contribution in [-0.4, -0.2) is 77.7 Å². The summed E-state index contributed by atoms with van der Waals surface area (Å²) in [6.07, 6.45) is 3.95. The summed E-state index contributed by atoms with van der Waals surface area (Å²) in [7, 11) is 0. The van der Waals surface area contributed by atoms with E-state index in [2.05, 4.69) is 9.80 Å². The van der Waals surface area contributed by atoms with Crippen molar-refractivity contribution in [1.82, 2.24) is 14.7 Å². The van der Waals surface area contributed by atoms with Crippen LogP contribution in [0.3, 0.4) is 0 Å². The van der Waals surface area contributed by atoms with Crippen LogP contribution in [-0.2, 0) is 9.59 Å². The third-order valence-corrected chi connectivity index (χ3v) is 5.19. The Labute approximate surface area is 120 Å². The van der Waals surface area contributed by atoms with Crippen LogP contribution in [0.5, 0.6) is 0 Å². The molecule has 5 heteroatoms. The van der Waals surface area contributed by atoms with Gasteiger partial charge in [0.15, 0.2) is 0 Å². The molecule has 0 aromatic carbocycles. The Morgan fingerprint density at radius 1 is 1.05 bits per heavy atom. The molecule has 0 aromatic heterocycles. The van der Waals surface area contributed by atoms with E-state index in [0.717, 1.165) is 52.1 Å². The monoisotopic (exact) mass is 279 g/mol. The fourth-order valence-corrected chi connectivity index (χ4v) is 3.97. The van der Waals surface area contributed by atoms with Crippen LogP contribution in [0.4, 0.5) is 0 Å². The third kappa shape index (κ3) is 2.88. The summed E-state index contributed by atoms with van der Waals surface area (Å²) in [5, 5.41) is 0. The summed E-state index contributed by atoms with van der Waals surface area (Å²) < 4.78 is 0. The smallest absolute Gasteiger partial charge is 0.219 e. The molecule has 2 bridgehead atoms. The minimum Gasteiger partial charge on any atom is -0.340 e. The Kier molecular flexibility index (Phi) is 4.08. The van der Waals surface area contributed by atoms with Gasteiger partial charge in [-0.1, -0.05) is 0 Å². The van der Waals surface area contributed by atoms with E-state index in [0.29, 0.717) is 17.9 Å². The van der Waals surface area contributed by atoms with Gasteiger partial charge in [-0.25, -0.2) is 0 Å². The largest absolute Gasteiger partial charge is 0.340 e. The quantitative estimate of drug-likeness (QED) is 0.747. The molecule has 0 saturated carbocycles. The average molecular weight is 279 g/mol. The lowest BCUT2D eigenvalue weighted by atomic mass is 10.0. The summed E-state index contributed by atoms with van der Waals surface area (Å²) in [4.78, 5) is 29.9. The molecular formula is C15H25N3O2. The van der Waals surface area contributed by atoms with Crippen molar-refractivity contribution in [2.45, 2.75) is 44.7 Å². The summed E-state index contributed by atoms with van der Waals surface area (Å²) in [6, 6.07) is 1.03. The summed E-state index contributed by atoms with van der Waals surface area (Å²) in [5.74, 6) is 0.654. The number of Topliss-reactive ketones (excluding diaryl/α,β-unsaturated/α-hetero) is 1. The second kappa shape index (κ2) is 5.82. The Bertz CT molecular complexity index is 375. The van der Waals surface area contributed by atoms with E-state index >= 15 is 0 Å². The number of piperidine rings is 1. The van der Waals surface area contributed by atoms with Crippen molar-refractivity contribution in [2.75, 3.05) is 39.3 Å². The lowest BCUT2D eigenvalue weighted by Gasteiger charge is -2.38. The van der Waals surface area contributed by atoms with E-state index in [1.807, 2.05) is 4.90 Å². The van der Waals surface area contributed by atoms with Crippen LogP contribution < -0.4 is 0 Å². The predicted octanol–water partition coefficient (Wildman–Crippen LogP) is 0.346. The Morgan fingerprint density at radius 2 is 1.65 bits per heavy atom. The first kappa shape index (κ1) is 14.0. The fraction of sp³-hybridized carbons (Fsp3) is 0.867. The molecule has 0 aliphatic carbocycles. The molecule has 0 aromatic rings. The first-order valence-corrected chi connectivity index (χ1v) is 7.89. The molecule has 3 aliphatic heterocycles. The van der Waals surface area contributed by atoms with Crippen LogP contribution in [0.2, 0.25) is 0 Å². The standard InChI is InChI=1S/C15H25N3O2/c1-12(19)17-7-4-16(5-8-17)6-9-18-13-2-3-14(18)11-15(20)10-13/h13-14H,2-11H2,1H3/t13-,14?/m0/s1. The van der Waals surface area contributed by atoms with Crippen molar-refractivity contribution < 1.29 is 9.59 Å². The number of rotatable bonds is 3. The minimum atomic E-state index is 0.192. The predicted molar refractivity (Wildman–Crippen MR) is 76.5 cm³/mol. The van der Waals surface area contributed by atoms with E-state index in [9.17, 15) is 9.59 Å². The maximum atomic E-state index is 11.6. The zero-order chi connectivity index (χ0) is 14.1. The maximum absolute atomic E-state index is 11.6. The van der Waals surface area contributed by atoms with E-state index in [1.54, 1.807) is 6.92 Å². The second-order valence-corrected chi connectivity index (χ2v) is 6.42. The van der Waals surface area contributed by atoms with Gasteiger partial charge in [-0.3, -0.25) is 19.4 Å². The van der Waals surface area contributed by atoms with Gasteiger partial charge in [0, 0.05) is 71.1 Å². The molecular weight excluding hydrogens is 254 g/mol. The van der Waals surface area contributed by atoms with Gasteiger partial charge < -0.3 is 4.90 Å². The van der Waals surface area contributed by atoms with Crippen molar-refractivity contribution in [2.24, 2.45) is 0 Å². The Hall–Kier alpha value is -0.940. The van der Waals surface area contributed by atoms with E-state index in [4.69, 9.17) is 0 Å². The molecule has 20 heavy (non-hydrogen) atoms. The van der Waals surface area contributed by atoms with Crippen molar-refractivity contribution in [3.63, 3.8) is 0 Å². The molecule has 3 rings (SSSR count). The lowest BCUT2D eigenvalue weighted by Crippen LogP contribution is -2.51. The van der Waals surface area contributed by atoms with Crippen molar-refractivity contribution in [3.8, 4) is 0 Å². The second-order valence-electron chi connectivity index (χ2n) is 6.42. The topological polar surface area (TPSA) is 43.9 Å². The number of piperazine rings is 1. The van der Waals surface area contributed by atoms with E-state index in [-0.39, 0.29) is 5.91 Å². The van der Waals surface area contributed by atoms with Crippen molar-refractivity contribution in [3.05, 3.63) is 0 Å². The van der Waals surface area contributed by atoms with Gasteiger partial charge in [0.2, 0.25) is 5.91 Å². The summed E-state index contributed by atoms with van der Waals surface area (Å²) in [6.45, 7) is 7.51. The van der Waals surface area contributed by atoms with Gasteiger partial charge in [-0.05, 0) is 12.8 Å². The molecule has 0 spiro atoms. The zero-order valence-electron chi connectivity index (χ0n) is 12.4. The first-order chi connectivity index (χ1) is 9.63. The molecule has 0 N–H and O–H groups in total. The van der Waals surface area contributed by atoms with Gasteiger partial charge in [-0.2, -0.15) is 0 Å². The Balaban J connectivity index is 1.44. The summed E-state index contributed by atoms with van der Waals surface area (Å²) in [5.41, 5.74) is 0. The van der Waals surface area contributed by atoms with Crippen LogP contribution in [0.1, 0.15) is 32.6 Å². The van der Waals surface area contributed by atoms with Crippen LogP contribution in [0, 0.1) is 0 Å². The summed E-state index contributed by atoms with van der Waals surface area (Å²) >= 11 is 0. The molecule has 5 nitrogen and oxygen atoms in total. The molecule has 3 saturated heterocycles. The van der Waals surface area contributed by atoms with Gasteiger partial charge in [0.1, 0.15) is 5.78 Å². The molecule has 1 unspecified atom stereocenters. The van der Waals surface area contributed by atoms with E-state index in [1.165, 1.54) is 12.8 Å². The number of fused-ring (bicyclic) bond motifs is 2. The van der Waals surface area contributed by atoms with Gasteiger partial charge in [0.25, 0.3) is 0 Å². The molecule has 1 amide bonds. The normalized spacial score (nSPS) is 31.9. The van der Waals surface area contributed by atoms with Crippen molar-refractivity contribution in [1.29, 1.82) is 0 Å². The van der Waals surface area contributed by atoms with Crippen LogP contribution in [0.25, 0.3) is 0 Å². The number of ketones is 1. The molecule has 0 radical (unpaired) electrons. The molecule has 3 heterocycles. The number of carbonyl (C=O) groups is 2. The van der Waals surface area contributed by atoms with Gasteiger partial charge in [-0.15, -0.1) is 0 Å². The number of hydrogen-bond donors (Lipinski definition) is 0. The highest BCUT2D eigenvalue weighted by Crippen LogP contribution is 2.33. The number of carbonyl (C=O) groups excluding carboxylic acids is 2. The SMILES string of the molecule is CC(=O)N1CCN(CCN2C3CC[C@H]2CC(=O)C3)CC1. The zero-order valence-corrected chi connectivity index (χ0v) is 12.4. The molecule has 112 valence electrons. The number of amides is 1. The highest BCUT2D eigenvalue weighted by Gasteiger charge is 2.39. The minimum absolute atomic E-state index is 0.192. The first-order valence-electron chi connectivity index (χ1n) is 7.89. The molecule has 3 fully saturated rings. The van der Waals surface area contributed by atoms with Gasteiger partial charge >= 0.3 is 0 Å². The fourth-order valence-electron chi connectivity index (χ4n) is 3.97. The third-order valence-electron chi connectivity index (χ3n) is 5.19.